The first kappa shape index (κ1) is 34.0. The molecule has 2 amide bonds. The molecule has 1 heterocycles. The van der Waals surface area contributed by atoms with E-state index < -0.39 is 55.6 Å². The van der Waals surface area contributed by atoms with Crippen molar-refractivity contribution in [2.24, 2.45) is 0 Å². The van der Waals surface area contributed by atoms with Gasteiger partial charge in [0, 0.05) is 18.5 Å². The highest BCUT2D eigenvalue weighted by molar-refractivity contribution is 5.94. The maximum atomic E-state index is 12.5. The molecule has 0 bridgehead atoms. The normalized spacial score (nSPS) is 25.1. The highest BCUT2D eigenvalue weighted by Crippen LogP contribution is 2.22. The van der Waals surface area contributed by atoms with Gasteiger partial charge in [0.15, 0.2) is 6.29 Å². The fourth-order valence-electron chi connectivity index (χ4n) is 4.43. The monoisotopic (exact) mass is 570 g/mol. The van der Waals surface area contributed by atoms with E-state index in [4.69, 9.17) is 9.47 Å². The van der Waals surface area contributed by atoms with Gasteiger partial charge >= 0.3 is 0 Å². The predicted octanol–water partition coefficient (Wildman–Crippen LogP) is -0.420. The van der Waals surface area contributed by atoms with Crippen LogP contribution in [0.1, 0.15) is 68.6 Å². The number of nitrogens with one attached hydrogen (secondary N) is 2. The molecular weight excluding hydrogens is 524 g/mol. The quantitative estimate of drug-likeness (QED) is 0.107. The zero-order valence-corrected chi connectivity index (χ0v) is 23.1. The Kier molecular flexibility index (Phi) is 15.6. The van der Waals surface area contributed by atoms with Crippen molar-refractivity contribution in [3.05, 3.63) is 35.9 Å². The Labute approximate surface area is 235 Å². The van der Waals surface area contributed by atoms with Crippen LogP contribution in [0.5, 0.6) is 0 Å². The second kappa shape index (κ2) is 18.3. The predicted molar refractivity (Wildman–Crippen MR) is 145 cm³/mol. The van der Waals surface area contributed by atoms with E-state index in [-0.39, 0.29) is 31.3 Å². The number of carbonyl (C=O) groups is 2. The molecule has 0 aromatic heterocycles. The lowest BCUT2D eigenvalue weighted by molar-refractivity contribution is -0.303. The molecule has 8 N–H and O–H groups in total. The number of amides is 2. The molecule has 0 saturated carbocycles. The number of ether oxygens (including phenoxy) is 2. The number of benzene rings is 1. The molecular formula is C28H46N2O10. The molecule has 2 unspecified atom stereocenters. The lowest BCUT2D eigenvalue weighted by Crippen LogP contribution is -2.60. The van der Waals surface area contributed by atoms with Crippen LogP contribution in [-0.2, 0) is 14.3 Å². The topological polar surface area (TPSA) is 198 Å². The maximum Gasteiger partial charge on any atom is 0.251 e. The molecule has 0 spiro atoms. The lowest BCUT2D eigenvalue weighted by atomic mass is 9.99. The minimum absolute atomic E-state index is 0.0833. The van der Waals surface area contributed by atoms with E-state index in [1.54, 1.807) is 19.1 Å². The number of unbranched alkanes of at least 4 members (excludes halogenated alkanes) is 5. The van der Waals surface area contributed by atoms with Crippen LogP contribution < -0.4 is 10.6 Å². The Balaban J connectivity index is 1.68. The molecule has 40 heavy (non-hydrogen) atoms. The van der Waals surface area contributed by atoms with Gasteiger partial charge in [0.1, 0.15) is 30.5 Å². The summed E-state index contributed by atoms with van der Waals surface area (Å²) in [5, 5.41) is 65.5. The average Bonchev–Trinajstić information content (AvgIpc) is 2.97. The zero-order chi connectivity index (χ0) is 29.5. The molecule has 0 aliphatic carbocycles. The van der Waals surface area contributed by atoms with Gasteiger partial charge in [0.25, 0.3) is 5.91 Å². The summed E-state index contributed by atoms with van der Waals surface area (Å²) in [4.78, 5) is 24.6. The summed E-state index contributed by atoms with van der Waals surface area (Å²) in [7, 11) is 0. The maximum absolute atomic E-state index is 12.5. The van der Waals surface area contributed by atoms with Crippen molar-refractivity contribution >= 4 is 11.8 Å². The summed E-state index contributed by atoms with van der Waals surface area (Å²) in [5.74, 6) is -0.423. The second-order valence-electron chi connectivity index (χ2n) is 10.2. The van der Waals surface area contributed by atoms with Gasteiger partial charge < -0.3 is 50.7 Å². The standard InChI is InChI=1S/C28H46N2O10/c1-2-20(32)23(34)19(17-39-28-26(37)25(36)24(35)21(16-31)40-28)30-22(33)14-10-5-3-4-6-11-15-29-27(38)18-12-8-7-9-13-18/h7-9,12-13,19-21,23-26,28,31-32,34-37H,2-6,10-11,14-17H2,1H3,(H,29,38)(H,30,33)/t19-,20+,21?,23-,24-,25-,26?,28-/m0/s1. The molecule has 8 atom stereocenters. The van der Waals surface area contributed by atoms with Crippen molar-refractivity contribution in [2.75, 3.05) is 19.8 Å². The largest absolute Gasteiger partial charge is 0.394 e. The highest BCUT2D eigenvalue weighted by atomic mass is 16.7. The smallest absolute Gasteiger partial charge is 0.251 e. The summed E-state index contributed by atoms with van der Waals surface area (Å²) in [6, 6.07) is 8.03. The van der Waals surface area contributed by atoms with Crippen molar-refractivity contribution in [3.8, 4) is 0 Å². The van der Waals surface area contributed by atoms with E-state index in [1.165, 1.54) is 0 Å². The summed E-state index contributed by atoms with van der Waals surface area (Å²) in [5.41, 5.74) is 0.639. The van der Waals surface area contributed by atoms with Gasteiger partial charge in [-0.25, -0.2) is 0 Å². The Morgan fingerprint density at radius 1 is 0.950 bits per heavy atom. The molecule has 1 aromatic carbocycles. The SMILES string of the molecule is CC[C@@H](O)[C@@H](O)[C@H](CO[C@H]1OC(CO)[C@H](O)[C@H](O)C1O)NC(=O)CCCCCCCCNC(=O)c1ccccc1. The highest BCUT2D eigenvalue weighted by Gasteiger charge is 2.44. The fourth-order valence-corrected chi connectivity index (χ4v) is 4.43. The number of aliphatic hydroxyl groups excluding tert-OH is 6. The van der Waals surface area contributed by atoms with Crippen molar-refractivity contribution in [1.82, 2.24) is 10.6 Å². The van der Waals surface area contributed by atoms with Gasteiger partial charge in [-0.05, 0) is 31.4 Å². The summed E-state index contributed by atoms with van der Waals surface area (Å²) in [6.45, 7) is 1.30. The van der Waals surface area contributed by atoms with Crippen molar-refractivity contribution < 1.29 is 49.7 Å². The Bertz CT molecular complexity index is 859. The first-order valence-corrected chi connectivity index (χ1v) is 14.1. The Morgan fingerprint density at radius 2 is 1.60 bits per heavy atom. The summed E-state index contributed by atoms with van der Waals surface area (Å²) < 4.78 is 10.8. The van der Waals surface area contributed by atoms with Gasteiger partial charge in [-0.2, -0.15) is 0 Å². The van der Waals surface area contributed by atoms with E-state index in [0.29, 0.717) is 18.5 Å². The molecule has 12 nitrogen and oxygen atoms in total. The van der Waals surface area contributed by atoms with Crippen LogP contribution in [0.3, 0.4) is 0 Å². The third kappa shape index (κ3) is 11.0. The van der Waals surface area contributed by atoms with E-state index in [9.17, 15) is 40.2 Å². The molecule has 12 heteroatoms. The van der Waals surface area contributed by atoms with Gasteiger partial charge in [-0.3, -0.25) is 9.59 Å². The van der Waals surface area contributed by atoms with E-state index >= 15 is 0 Å². The van der Waals surface area contributed by atoms with Gasteiger partial charge in [-0.1, -0.05) is 50.8 Å². The minimum Gasteiger partial charge on any atom is -0.394 e. The molecule has 0 radical (unpaired) electrons. The van der Waals surface area contributed by atoms with Crippen LogP contribution in [0, 0.1) is 0 Å². The van der Waals surface area contributed by atoms with Crippen molar-refractivity contribution in [3.63, 3.8) is 0 Å². The first-order valence-electron chi connectivity index (χ1n) is 14.1. The van der Waals surface area contributed by atoms with Crippen molar-refractivity contribution in [2.45, 2.75) is 107 Å². The molecule has 1 fully saturated rings. The summed E-state index contributed by atoms with van der Waals surface area (Å²) >= 11 is 0. The molecule has 1 saturated heterocycles. The van der Waals surface area contributed by atoms with Crippen LogP contribution in [0.2, 0.25) is 0 Å². The second-order valence-corrected chi connectivity index (χ2v) is 10.2. The van der Waals surface area contributed by atoms with Crippen LogP contribution >= 0.6 is 0 Å². The van der Waals surface area contributed by atoms with Crippen molar-refractivity contribution in [1.29, 1.82) is 0 Å². The van der Waals surface area contributed by atoms with Crippen LogP contribution in [0.15, 0.2) is 30.3 Å². The Hall–Kier alpha value is -2.16. The third-order valence-electron chi connectivity index (χ3n) is 7.01. The first-order chi connectivity index (χ1) is 19.2. The van der Waals surface area contributed by atoms with Gasteiger partial charge in [0.2, 0.25) is 5.91 Å². The van der Waals surface area contributed by atoms with Crippen LogP contribution in [-0.4, -0.2) is 111 Å². The molecule has 1 aliphatic rings. The van der Waals surface area contributed by atoms with Gasteiger partial charge in [0.05, 0.1) is 25.4 Å². The Morgan fingerprint density at radius 3 is 2.25 bits per heavy atom. The molecule has 2 rings (SSSR count). The molecule has 1 aromatic rings. The number of rotatable bonds is 18. The summed E-state index contributed by atoms with van der Waals surface area (Å²) in [6.07, 6.45) is -4.24. The third-order valence-corrected chi connectivity index (χ3v) is 7.01. The number of carbonyl (C=O) groups excluding carboxylic acids is 2. The zero-order valence-electron chi connectivity index (χ0n) is 23.1. The van der Waals surface area contributed by atoms with E-state index in [2.05, 4.69) is 10.6 Å². The van der Waals surface area contributed by atoms with Gasteiger partial charge in [-0.15, -0.1) is 0 Å². The van der Waals surface area contributed by atoms with Crippen LogP contribution in [0.4, 0.5) is 0 Å². The average molecular weight is 571 g/mol. The number of aliphatic hydroxyl groups is 6. The lowest BCUT2D eigenvalue weighted by Gasteiger charge is -2.40. The van der Waals surface area contributed by atoms with E-state index in [0.717, 1.165) is 32.1 Å². The van der Waals surface area contributed by atoms with Crippen LogP contribution in [0.25, 0.3) is 0 Å². The molecule has 1 aliphatic heterocycles. The number of hydrogen-bond donors (Lipinski definition) is 8. The molecule has 228 valence electrons. The number of hydrogen-bond acceptors (Lipinski definition) is 10. The minimum atomic E-state index is -1.62. The fraction of sp³-hybridized carbons (Fsp3) is 0.714. The van der Waals surface area contributed by atoms with E-state index in [1.807, 2.05) is 18.2 Å².